The average Bonchev–Trinajstić information content (AvgIpc) is 2.77. The van der Waals surface area contributed by atoms with E-state index in [0.717, 1.165) is 15.7 Å². The molecule has 0 unspecified atom stereocenters. The number of aromatic nitrogens is 2. The Bertz CT molecular complexity index is 1310. The molecule has 0 aliphatic carbocycles. The van der Waals surface area contributed by atoms with E-state index in [0.29, 0.717) is 28.2 Å². The van der Waals surface area contributed by atoms with E-state index in [-0.39, 0.29) is 11.3 Å². The zero-order valence-electron chi connectivity index (χ0n) is 17.1. The summed E-state index contributed by atoms with van der Waals surface area (Å²) in [5.74, 6) is 0.0000226. The fourth-order valence-electron chi connectivity index (χ4n) is 3.31. The minimum atomic E-state index is -0.329. The lowest BCUT2D eigenvalue weighted by Crippen LogP contribution is -2.25. The summed E-state index contributed by atoms with van der Waals surface area (Å²) in [6.07, 6.45) is 0. The van der Waals surface area contributed by atoms with Crippen molar-refractivity contribution in [1.29, 1.82) is 0 Å². The van der Waals surface area contributed by atoms with Gasteiger partial charge in [0.25, 0.3) is 5.91 Å². The predicted molar refractivity (Wildman–Crippen MR) is 127 cm³/mol. The van der Waals surface area contributed by atoms with Crippen LogP contribution in [0.4, 0.5) is 5.82 Å². The molecule has 0 aliphatic heterocycles. The van der Waals surface area contributed by atoms with Crippen molar-refractivity contribution < 1.29 is 4.79 Å². The number of rotatable bonds is 4. The molecule has 4 aromatic rings. The number of carbonyl (C=O) groups excluding carboxylic acids is 1. The van der Waals surface area contributed by atoms with Crippen molar-refractivity contribution in [2.45, 2.75) is 13.8 Å². The van der Waals surface area contributed by atoms with Gasteiger partial charge in [-0.15, -0.1) is 0 Å². The van der Waals surface area contributed by atoms with Crippen LogP contribution in [0.2, 0.25) is 0 Å². The predicted octanol–water partition coefficient (Wildman–Crippen LogP) is 5.53. The van der Waals surface area contributed by atoms with Crippen LogP contribution < -0.4 is 10.7 Å². The number of anilines is 1. The smallest absolute Gasteiger partial charge is 0.256 e. The Hall–Kier alpha value is -3.51. The topological polar surface area (TPSA) is 64.0 Å². The Kier molecular flexibility index (Phi) is 5.82. The van der Waals surface area contributed by atoms with Crippen LogP contribution in [0, 0.1) is 13.8 Å². The Morgan fingerprint density at radius 3 is 2.32 bits per heavy atom. The third-order valence-corrected chi connectivity index (χ3v) is 5.41. The van der Waals surface area contributed by atoms with Gasteiger partial charge in [0.15, 0.2) is 0 Å². The van der Waals surface area contributed by atoms with Crippen LogP contribution in [0.15, 0.2) is 88.1 Å². The van der Waals surface area contributed by atoms with Crippen LogP contribution in [0.1, 0.15) is 21.6 Å². The summed E-state index contributed by atoms with van der Waals surface area (Å²) in [4.78, 5) is 26.3. The summed E-state index contributed by atoms with van der Waals surface area (Å²) in [6, 6.07) is 24.2. The first-order valence-electron chi connectivity index (χ1n) is 9.77. The molecule has 0 bridgehead atoms. The highest BCUT2D eigenvalue weighted by Gasteiger charge is 2.20. The lowest BCUT2D eigenvalue weighted by atomic mass is 10.0. The molecule has 0 saturated heterocycles. The van der Waals surface area contributed by atoms with Crippen LogP contribution in [0.5, 0.6) is 0 Å². The highest BCUT2D eigenvalue weighted by Crippen LogP contribution is 2.28. The molecule has 1 N–H and O–H groups in total. The molecular formula is C25H20BrN3O2. The molecule has 154 valence electrons. The summed E-state index contributed by atoms with van der Waals surface area (Å²) in [7, 11) is 0. The number of nitrogens with one attached hydrogen (secondary N) is 1. The van der Waals surface area contributed by atoms with Crippen LogP contribution in [0.25, 0.3) is 16.8 Å². The Morgan fingerprint density at radius 1 is 0.935 bits per heavy atom. The number of nitrogens with zero attached hydrogens (tertiary/aromatic N) is 2. The summed E-state index contributed by atoms with van der Waals surface area (Å²) in [5, 5.41) is 7.45. The van der Waals surface area contributed by atoms with Gasteiger partial charge in [-0.1, -0.05) is 70.0 Å². The van der Waals surface area contributed by atoms with Crippen LogP contribution in [0.3, 0.4) is 0 Å². The number of hydrogen-bond acceptors (Lipinski definition) is 3. The van der Waals surface area contributed by atoms with Gasteiger partial charge >= 0.3 is 0 Å². The van der Waals surface area contributed by atoms with Crippen LogP contribution in [-0.4, -0.2) is 15.7 Å². The van der Waals surface area contributed by atoms with E-state index in [1.165, 1.54) is 0 Å². The van der Waals surface area contributed by atoms with Gasteiger partial charge < -0.3 is 5.32 Å². The first-order valence-corrected chi connectivity index (χ1v) is 10.6. The maximum Gasteiger partial charge on any atom is 0.256 e. The zero-order valence-corrected chi connectivity index (χ0v) is 18.7. The van der Waals surface area contributed by atoms with Crippen molar-refractivity contribution in [3.63, 3.8) is 0 Å². The van der Waals surface area contributed by atoms with Gasteiger partial charge in [-0.3, -0.25) is 9.59 Å². The number of amides is 1. The van der Waals surface area contributed by atoms with Gasteiger partial charge in [0.05, 0.1) is 11.3 Å². The minimum absolute atomic E-state index is 0.223. The standard InChI is InChI=1S/C25H20BrN3O2/c1-16-11-13-21(14-12-16)29-24(27-25(31)19-9-6-10-20(26)15-19)22(23(30)17(2)28-29)18-7-4-3-5-8-18/h3-15H,1-2H3,(H,27,31). The summed E-state index contributed by atoms with van der Waals surface area (Å²) >= 11 is 3.40. The number of halogens is 1. The highest BCUT2D eigenvalue weighted by atomic mass is 79.9. The lowest BCUT2D eigenvalue weighted by Gasteiger charge is -2.18. The van der Waals surface area contributed by atoms with E-state index in [1.807, 2.05) is 67.6 Å². The molecule has 6 heteroatoms. The molecule has 5 nitrogen and oxygen atoms in total. The Balaban J connectivity index is 1.95. The van der Waals surface area contributed by atoms with Gasteiger partial charge in [0.2, 0.25) is 5.43 Å². The fraction of sp³-hybridized carbons (Fsp3) is 0.0800. The van der Waals surface area contributed by atoms with Crippen molar-refractivity contribution in [2.24, 2.45) is 0 Å². The maximum atomic E-state index is 13.2. The molecule has 1 aromatic heterocycles. The minimum Gasteiger partial charge on any atom is -0.306 e. The van der Waals surface area contributed by atoms with Gasteiger partial charge in [0.1, 0.15) is 11.5 Å². The molecule has 3 aromatic carbocycles. The number of aryl methyl sites for hydroxylation is 2. The molecule has 1 heterocycles. The average molecular weight is 474 g/mol. The molecule has 31 heavy (non-hydrogen) atoms. The molecular weight excluding hydrogens is 454 g/mol. The van der Waals surface area contributed by atoms with Gasteiger partial charge in [0, 0.05) is 10.0 Å². The van der Waals surface area contributed by atoms with Gasteiger partial charge in [-0.2, -0.15) is 5.10 Å². The van der Waals surface area contributed by atoms with Gasteiger partial charge in [-0.05, 0) is 49.7 Å². The van der Waals surface area contributed by atoms with Crippen molar-refractivity contribution >= 4 is 27.7 Å². The molecule has 0 fully saturated rings. The summed E-state index contributed by atoms with van der Waals surface area (Å²) in [6.45, 7) is 3.68. The molecule has 0 saturated carbocycles. The first kappa shape index (κ1) is 20.8. The number of carbonyl (C=O) groups is 1. The third kappa shape index (κ3) is 4.34. The Morgan fingerprint density at radius 2 is 1.65 bits per heavy atom. The second-order valence-corrected chi connectivity index (χ2v) is 8.13. The Labute approximate surface area is 188 Å². The molecule has 0 spiro atoms. The van der Waals surface area contributed by atoms with Crippen LogP contribution in [-0.2, 0) is 0 Å². The number of benzene rings is 3. The molecule has 4 rings (SSSR count). The summed E-state index contributed by atoms with van der Waals surface area (Å²) in [5.41, 5.74) is 3.55. The lowest BCUT2D eigenvalue weighted by molar-refractivity contribution is 0.102. The van der Waals surface area contributed by atoms with E-state index in [1.54, 1.807) is 29.8 Å². The van der Waals surface area contributed by atoms with E-state index in [9.17, 15) is 9.59 Å². The second-order valence-electron chi connectivity index (χ2n) is 7.22. The second kappa shape index (κ2) is 8.70. The zero-order chi connectivity index (χ0) is 22.0. The SMILES string of the molecule is Cc1ccc(-n2nc(C)c(=O)c(-c3ccccc3)c2NC(=O)c2cccc(Br)c2)cc1. The molecule has 1 amide bonds. The molecule has 0 atom stereocenters. The highest BCUT2D eigenvalue weighted by molar-refractivity contribution is 9.10. The fourth-order valence-corrected chi connectivity index (χ4v) is 3.71. The van der Waals surface area contributed by atoms with Crippen molar-refractivity contribution in [2.75, 3.05) is 5.32 Å². The quantitative estimate of drug-likeness (QED) is 0.423. The van der Waals surface area contributed by atoms with Crippen molar-refractivity contribution in [1.82, 2.24) is 9.78 Å². The van der Waals surface area contributed by atoms with E-state index >= 15 is 0 Å². The third-order valence-electron chi connectivity index (χ3n) is 4.91. The maximum absolute atomic E-state index is 13.2. The first-order chi connectivity index (χ1) is 14.9. The monoisotopic (exact) mass is 473 g/mol. The molecule has 0 aliphatic rings. The van der Waals surface area contributed by atoms with Gasteiger partial charge in [-0.25, -0.2) is 4.68 Å². The van der Waals surface area contributed by atoms with E-state index in [2.05, 4.69) is 26.3 Å². The number of hydrogen-bond donors (Lipinski definition) is 1. The van der Waals surface area contributed by atoms with Crippen molar-refractivity contribution in [3.05, 3.63) is 110 Å². The van der Waals surface area contributed by atoms with E-state index in [4.69, 9.17) is 0 Å². The van der Waals surface area contributed by atoms with E-state index < -0.39 is 0 Å². The van der Waals surface area contributed by atoms with Crippen molar-refractivity contribution in [3.8, 4) is 16.8 Å². The largest absolute Gasteiger partial charge is 0.306 e. The summed E-state index contributed by atoms with van der Waals surface area (Å²) < 4.78 is 2.41. The van der Waals surface area contributed by atoms with Crippen LogP contribution >= 0.6 is 15.9 Å². The normalized spacial score (nSPS) is 10.7. The molecule has 0 radical (unpaired) electrons.